The van der Waals surface area contributed by atoms with Crippen molar-refractivity contribution < 1.29 is 4.74 Å². The molecule has 1 aromatic heterocycles. The van der Waals surface area contributed by atoms with Crippen LogP contribution >= 0.6 is 11.3 Å². The summed E-state index contributed by atoms with van der Waals surface area (Å²) < 4.78 is 5.76. The van der Waals surface area contributed by atoms with Crippen LogP contribution in [0.25, 0.3) is 0 Å². The number of ether oxygens (including phenoxy) is 1. The molecule has 0 spiro atoms. The van der Waals surface area contributed by atoms with Gasteiger partial charge in [-0.1, -0.05) is 6.92 Å². The molecule has 0 radical (unpaired) electrons. The third-order valence-corrected chi connectivity index (χ3v) is 3.61. The summed E-state index contributed by atoms with van der Waals surface area (Å²) in [6, 6.07) is 0. The normalized spacial score (nSPS) is 23.2. The Bertz CT molecular complexity index is 311. The third-order valence-electron chi connectivity index (χ3n) is 2.60. The Hall–Kier alpha value is -0.450. The summed E-state index contributed by atoms with van der Waals surface area (Å²) >= 11 is 1.75. The molecule has 0 aliphatic carbocycles. The van der Waals surface area contributed by atoms with Gasteiger partial charge in [0.05, 0.1) is 6.61 Å². The second kappa shape index (κ2) is 5.05. The minimum Gasteiger partial charge on any atom is -0.368 e. The molecule has 2 heterocycles. The van der Waals surface area contributed by atoms with Crippen molar-refractivity contribution >= 4 is 11.3 Å². The molecule has 1 aliphatic rings. The number of hydrogen-bond donors (Lipinski definition) is 0. The van der Waals surface area contributed by atoms with E-state index in [2.05, 4.69) is 23.7 Å². The Kier molecular flexibility index (Phi) is 3.72. The second-order valence-electron chi connectivity index (χ2n) is 3.97. The zero-order chi connectivity index (χ0) is 10.7. The van der Waals surface area contributed by atoms with Crippen molar-refractivity contribution in [1.82, 2.24) is 9.88 Å². The zero-order valence-corrected chi connectivity index (χ0v) is 10.2. The average molecular weight is 226 g/mol. The van der Waals surface area contributed by atoms with E-state index in [-0.39, 0.29) is 6.10 Å². The van der Waals surface area contributed by atoms with Crippen LogP contribution in [0.4, 0.5) is 0 Å². The van der Waals surface area contributed by atoms with Crippen molar-refractivity contribution in [3.63, 3.8) is 0 Å². The first-order chi connectivity index (χ1) is 7.29. The quantitative estimate of drug-likeness (QED) is 0.790. The maximum absolute atomic E-state index is 5.76. The lowest BCUT2D eigenvalue weighted by atomic mass is 10.2. The fourth-order valence-electron chi connectivity index (χ4n) is 1.89. The Morgan fingerprint density at radius 2 is 2.53 bits per heavy atom. The molecule has 1 unspecified atom stereocenters. The second-order valence-corrected chi connectivity index (χ2v) is 5.24. The summed E-state index contributed by atoms with van der Waals surface area (Å²) in [5.41, 5.74) is 0. The minimum absolute atomic E-state index is 0.198. The van der Waals surface area contributed by atoms with Crippen molar-refractivity contribution in [2.75, 3.05) is 26.2 Å². The van der Waals surface area contributed by atoms with Gasteiger partial charge >= 0.3 is 0 Å². The van der Waals surface area contributed by atoms with E-state index in [0.717, 1.165) is 24.7 Å². The third kappa shape index (κ3) is 2.77. The van der Waals surface area contributed by atoms with Crippen LogP contribution in [0.3, 0.4) is 0 Å². The van der Waals surface area contributed by atoms with Crippen LogP contribution in [-0.4, -0.2) is 36.1 Å². The average Bonchev–Trinajstić information content (AvgIpc) is 2.66. The van der Waals surface area contributed by atoms with E-state index >= 15 is 0 Å². The highest BCUT2D eigenvalue weighted by Crippen LogP contribution is 2.25. The first-order valence-corrected chi connectivity index (χ1v) is 6.37. The molecule has 3 nitrogen and oxygen atoms in total. The molecule has 0 amide bonds. The van der Waals surface area contributed by atoms with Gasteiger partial charge in [-0.15, -0.1) is 11.3 Å². The van der Waals surface area contributed by atoms with E-state index in [1.165, 1.54) is 17.8 Å². The van der Waals surface area contributed by atoms with Gasteiger partial charge in [-0.3, -0.25) is 4.90 Å². The highest BCUT2D eigenvalue weighted by molar-refractivity contribution is 7.11. The molecule has 4 heteroatoms. The van der Waals surface area contributed by atoms with E-state index in [9.17, 15) is 0 Å². The number of hydrogen-bond acceptors (Lipinski definition) is 4. The Morgan fingerprint density at radius 1 is 1.67 bits per heavy atom. The topological polar surface area (TPSA) is 25.4 Å². The Morgan fingerprint density at radius 3 is 3.20 bits per heavy atom. The van der Waals surface area contributed by atoms with Crippen LogP contribution in [0, 0.1) is 6.92 Å². The summed E-state index contributed by atoms with van der Waals surface area (Å²) in [4.78, 5) is 8.13. The molecular formula is C11H18N2OS. The van der Waals surface area contributed by atoms with Gasteiger partial charge in [0.15, 0.2) is 0 Å². The smallest absolute Gasteiger partial charge is 0.123 e. The van der Waals surface area contributed by atoms with Crippen LogP contribution in [0.5, 0.6) is 0 Å². The largest absolute Gasteiger partial charge is 0.368 e. The lowest BCUT2D eigenvalue weighted by Crippen LogP contribution is -2.38. The van der Waals surface area contributed by atoms with E-state index < -0.39 is 0 Å². The maximum atomic E-state index is 5.76. The number of rotatable bonds is 3. The molecule has 0 saturated carbocycles. The van der Waals surface area contributed by atoms with Gasteiger partial charge in [-0.25, -0.2) is 4.98 Å². The monoisotopic (exact) mass is 226 g/mol. The summed E-state index contributed by atoms with van der Waals surface area (Å²) in [5.74, 6) is 0. The van der Waals surface area contributed by atoms with E-state index in [1.807, 2.05) is 6.20 Å². The number of morpholine rings is 1. The van der Waals surface area contributed by atoms with Gasteiger partial charge in [0.2, 0.25) is 0 Å². The minimum atomic E-state index is 0.198. The van der Waals surface area contributed by atoms with Crippen LogP contribution in [0.2, 0.25) is 0 Å². The molecule has 0 N–H and O–H groups in total. The number of thiazole rings is 1. The van der Waals surface area contributed by atoms with Crippen molar-refractivity contribution in [3.05, 3.63) is 16.1 Å². The van der Waals surface area contributed by atoms with Crippen LogP contribution < -0.4 is 0 Å². The van der Waals surface area contributed by atoms with Crippen molar-refractivity contribution in [1.29, 1.82) is 0 Å². The van der Waals surface area contributed by atoms with E-state index in [4.69, 9.17) is 4.74 Å². The van der Waals surface area contributed by atoms with Crippen molar-refractivity contribution in [2.24, 2.45) is 0 Å². The molecule has 1 saturated heterocycles. The Labute approximate surface area is 95.1 Å². The molecule has 1 aliphatic heterocycles. The molecule has 0 bridgehead atoms. The number of nitrogens with zero attached hydrogens (tertiary/aromatic N) is 2. The van der Waals surface area contributed by atoms with Gasteiger partial charge in [0, 0.05) is 24.2 Å². The molecule has 15 heavy (non-hydrogen) atoms. The highest BCUT2D eigenvalue weighted by atomic mass is 32.1. The van der Waals surface area contributed by atoms with Gasteiger partial charge in [0.1, 0.15) is 11.1 Å². The van der Waals surface area contributed by atoms with Crippen LogP contribution in [0.1, 0.15) is 29.3 Å². The fourth-order valence-corrected chi connectivity index (χ4v) is 2.71. The number of aryl methyl sites for hydroxylation is 1. The molecule has 1 atom stereocenters. The predicted molar refractivity (Wildman–Crippen MR) is 62.3 cm³/mol. The predicted octanol–water partition coefficient (Wildman–Crippen LogP) is 2.23. The molecular weight excluding hydrogens is 208 g/mol. The van der Waals surface area contributed by atoms with Crippen molar-refractivity contribution in [3.8, 4) is 0 Å². The Balaban J connectivity index is 1.98. The summed E-state index contributed by atoms with van der Waals surface area (Å²) in [6.45, 7) is 8.38. The lowest BCUT2D eigenvalue weighted by Gasteiger charge is -2.31. The molecule has 1 aromatic rings. The van der Waals surface area contributed by atoms with Crippen LogP contribution in [-0.2, 0) is 4.74 Å². The molecule has 2 rings (SSSR count). The summed E-state index contributed by atoms with van der Waals surface area (Å²) in [7, 11) is 0. The summed E-state index contributed by atoms with van der Waals surface area (Å²) in [5, 5.41) is 1.13. The lowest BCUT2D eigenvalue weighted by molar-refractivity contribution is -0.0299. The van der Waals surface area contributed by atoms with E-state index in [1.54, 1.807) is 11.3 Å². The first-order valence-electron chi connectivity index (χ1n) is 5.56. The van der Waals surface area contributed by atoms with Gasteiger partial charge in [-0.2, -0.15) is 0 Å². The van der Waals surface area contributed by atoms with Gasteiger partial charge in [0.25, 0.3) is 0 Å². The molecule has 0 aromatic carbocycles. The standard InChI is InChI=1S/C11H18N2OS/c1-3-4-13-5-6-14-10(8-13)11-12-7-9(2)15-11/h7,10H,3-6,8H2,1-2H3. The maximum Gasteiger partial charge on any atom is 0.123 e. The zero-order valence-electron chi connectivity index (χ0n) is 9.40. The number of aromatic nitrogens is 1. The fraction of sp³-hybridized carbons (Fsp3) is 0.727. The highest BCUT2D eigenvalue weighted by Gasteiger charge is 2.23. The summed E-state index contributed by atoms with van der Waals surface area (Å²) in [6.07, 6.45) is 3.34. The molecule has 1 fully saturated rings. The van der Waals surface area contributed by atoms with E-state index in [0.29, 0.717) is 0 Å². The molecule has 84 valence electrons. The first kappa shape index (κ1) is 11.0. The van der Waals surface area contributed by atoms with Crippen LogP contribution in [0.15, 0.2) is 6.20 Å². The van der Waals surface area contributed by atoms with Crippen molar-refractivity contribution in [2.45, 2.75) is 26.4 Å². The SMILES string of the molecule is CCCN1CCOC(c2ncc(C)s2)C1. The van der Waals surface area contributed by atoms with Gasteiger partial charge < -0.3 is 4.74 Å². The van der Waals surface area contributed by atoms with Gasteiger partial charge in [-0.05, 0) is 19.9 Å².